The Morgan fingerprint density at radius 3 is 1.72 bits per heavy atom. The lowest BCUT2D eigenvalue weighted by Gasteiger charge is -2.31. The molecule has 4 rings (SSSR count). The van der Waals surface area contributed by atoms with Crippen LogP contribution in [0.1, 0.15) is 44.9 Å². The van der Waals surface area contributed by atoms with Gasteiger partial charge in [0.25, 0.3) is 0 Å². The van der Waals surface area contributed by atoms with Gasteiger partial charge in [0.15, 0.2) is 9.79 Å². The standard InChI is InChI=1S/C24H29S/c1-4-10-20(11-5-1)21-16-18-24(19-17-21)25(22-12-6-2-7-13-22)23-14-8-3-9-15-23/h2-3,6-9,12-16,18,20-21,24H,1,4-5,10-11,17,19H2/q+1. The highest BCUT2D eigenvalue weighted by molar-refractivity contribution is 7.97. The van der Waals surface area contributed by atoms with Gasteiger partial charge in [-0.1, -0.05) is 61.7 Å². The van der Waals surface area contributed by atoms with Crippen molar-refractivity contribution in [1.82, 2.24) is 0 Å². The van der Waals surface area contributed by atoms with Gasteiger partial charge in [0, 0.05) is 6.42 Å². The lowest BCUT2D eigenvalue weighted by molar-refractivity contribution is 0.268. The van der Waals surface area contributed by atoms with Gasteiger partial charge in [-0.25, -0.2) is 0 Å². The van der Waals surface area contributed by atoms with Crippen LogP contribution in [0.4, 0.5) is 0 Å². The van der Waals surface area contributed by atoms with E-state index in [0.29, 0.717) is 5.25 Å². The van der Waals surface area contributed by atoms with E-state index in [9.17, 15) is 0 Å². The molecule has 2 aliphatic rings. The van der Waals surface area contributed by atoms with Gasteiger partial charge >= 0.3 is 0 Å². The monoisotopic (exact) mass is 349 g/mol. The fraction of sp³-hybridized carbons (Fsp3) is 0.417. The minimum absolute atomic E-state index is 0.156. The lowest BCUT2D eigenvalue weighted by atomic mass is 9.76. The van der Waals surface area contributed by atoms with E-state index in [4.69, 9.17) is 0 Å². The summed E-state index contributed by atoms with van der Waals surface area (Å²) in [6.45, 7) is 0. The van der Waals surface area contributed by atoms with E-state index < -0.39 is 0 Å². The molecule has 2 unspecified atom stereocenters. The second-order valence-corrected chi connectivity index (χ2v) is 9.75. The third-order valence-corrected chi connectivity index (χ3v) is 8.47. The summed E-state index contributed by atoms with van der Waals surface area (Å²) in [7, 11) is 0.156. The molecule has 0 saturated heterocycles. The average molecular weight is 350 g/mol. The molecule has 0 bridgehead atoms. The molecule has 0 amide bonds. The summed E-state index contributed by atoms with van der Waals surface area (Å²) in [5.41, 5.74) is 0. The van der Waals surface area contributed by atoms with Gasteiger partial charge in [-0.15, -0.1) is 0 Å². The number of rotatable bonds is 4. The number of benzene rings is 2. The number of hydrogen-bond donors (Lipinski definition) is 0. The maximum atomic E-state index is 2.59. The van der Waals surface area contributed by atoms with Crippen LogP contribution >= 0.6 is 0 Å². The van der Waals surface area contributed by atoms with Crippen molar-refractivity contribution in [1.29, 1.82) is 0 Å². The molecular weight excluding hydrogens is 320 g/mol. The summed E-state index contributed by atoms with van der Waals surface area (Å²) in [6.07, 6.45) is 15.2. The number of allylic oxidation sites excluding steroid dienone is 1. The first-order valence-corrected chi connectivity index (χ1v) is 11.2. The SMILES string of the molecule is C1=CC([S+](c2ccccc2)c2ccccc2)CCC1C1CCCCC1. The van der Waals surface area contributed by atoms with Crippen LogP contribution in [0.15, 0.2) is 82.6 Å². The van der Waals surface area contributed by atoms with Gasteiger partial charge < -0.3 is 0 Å². The maximum absolute atomic E-state index is 2.59. The zero-order valence-corrected chi connectivity index (χ0v) is 15.8. The van der Waals surface area contributed by atoms with Crippen LogP contribution < -0.4 is 0 Å². The summed E-state index contributed by atoms with van der Waals surface area (Å²) in [5.74, 6) is 1.80. The third kappa shape index (κ3) is 4.03. The molecule has 0 aliphatic heterocycles. The first-order chi connectivity index (χ1) is 12.4. The number of hydrogen-bond acceptors (Lipinski definition) is 0. The van der Waals surface area contributed by atoms with E-state index in [0.717, 1.165) is 11.8 Å². The highest BCUT2D eigenvalue weighted by Crippen LogP contribution is 2.39. The van der Waals surface area contributed by atoms with E-state index in [2.05, 4.69) is 72.8 Å². The van der Waals surface area contributed by atoms with Crippen molar-refractivity contribution in [2.45, 2.75) is 60.0 Å². The van der Waals surface area contributed by atoms with Crippen LogP contribution in [-0.4, -0.2) is 5.25 Å². The fourth-order valence-corrected chi connectivity index (χ4v) is 7.08. The van der Waals surface area contributed by atoms with E-state index in [1.165, 1.54) is 54.7 Å². The highest BCUT2D eigenvalue weighted by Gasteiger charge is 2.36. The van der Waals surface area contributed by atoms with Crippen LogP contribution in [0, 0.1) is 11.8 Å². The average Bonchev–Trinajstić information content (AvgIpc) is 2.71. The Bertz CT molecular complexity index is 630. The van der Waals surface area contributed by atoms with Crippen molar-refractivity contribution < 1.29 is 0 Å². The summed E-state index contributed by atoms with van der Waals surface area (Å²) >= 11 is 0. The Balaban J connectivity index is 1.56. The molecule has 2 atom stereocenters. The van der Waals surface area contributed by atoms with E-state index >= 15 is 0 Å². The zero-order valence-electron chi connectivity index (χ0n) is 15.0. The molecule has 0 radical (unpaired) electrons. The Kier molecular flexibility index (Phi) is 5.62. The first kappa shape index (κ1) is 17.0. The Morgan fingerprint density at radius 1 is 0.600 bits per heavy atom. The second-order valence-electron chi connectivity index (χ2n) is 7.53. The quantitative estimate of drug-likeness (QED) is 0.429. The van der Waals surface area contributed by atoms with Crippen molar-refractivity contribution >= 4 is 10.9 Å². The van der Waals surface area contributed by atoms with Gasteiger partial charge in [0.1, 0.15) is 5.25 Å². The Labute approximate surface area is 155 Å². The fourth-order valence-electron chi connectivity index (χ4n) is 4.59. The normalized spacial score (nSPS) is 24.5. The molecular formula is C24H29S+. The molecule has 2 aromatic rings. The molecule has 25 heavy (non-hydrogen) atoms. The van der Waals surface area contributed by atoms with Crippen molar-refractivity contribution in [3.8, 4) is 0 Å². The summed E-state index contributed by atoms with van der Waals surface area (Å²) in [4.78, 5) is 2.97. The molecule has 0 nitrogen and oxygen atoms in total. The van der Waals surface area contributed by atoms with Crippen LogP contribution in [0.25, 0.3) is 0 Å². The van der Waals surface area contributed by atoms with Crippen molar-refractivity contribution in [3.63, 3.8) is 0 Å². The van der Waals surface area contributed by atoms with Gasteiger partial charge in [-0.3, -0.25) is 0 Å². The summed E-state index contributed by atoms with van der Waals surface area (Å²) < 4.78 is 0. The molecule has 0 aromatic heterocycles. The highest BCUT2D eigenvalue weighted by atomic mass is 32.2. The second kappa shape index (κ2) is 8.27. The third-order valence-electron chi connectivity index (χ3n) is 5.91. The molecule has 130 valence electrons. The van der Waals surface area contributed by atoms with Crippen LogP contribution in [0.2, 0.25) is 0 Å². The molecule has 1 saturated carbocycles. The Hall–Kier alpha value is -1.47. The van der Waals surface area contributed by atoms with Gasteiger partial charge in [-0.05, 0) is 61.4 Å². The predicted molar refractivity (Wildman–Crippen MR) is 109 cm³/mol. The molecule has 0 heterocycles. The molecule has 0 spiro atoms. The minimum Gasteiger partial charge on any atom is -0.0802 e. The van der Waals surface area contributed by atoms with Crippen LogP contribution in [-0.2, 0) is 10.9 Å². The van der Waals surface area contributed by atoms with E-state index in [1.807, 2.05) is 0 Å². The first-order valence-electron chi connectivity index (χ1n) is 9.93. The largest absolute Gasteiger partial charge is 0.161 e. The van der Waals surface area contributed by atoms with Gasteiger partial charge in [-0.2, -0.15) is 0 Å². The van der Waals surface area contributed by atoms with E-state index in [-0.39, 0.29) is 10.9 Å². The van der Waals surface area contributed by atoms with Crippen molar-refractivity contribution in [2.75, 3.05) is 0 Å². The Morgan fingerprint density at radius 2 is 1.20 bits per heavy atom. The van der Waals surface area contributed by atoms with Crippen LogP contribution in [0.3, 0.4) is 0 Å². The molecule has 2 aliphatic carbocycles. The molecule has 1 heteroatoms. The smallest absolute Gasteiger partial charge is 0.0802 e. The summed E-state index contributed by atoms with van der Waals surface area (Å²) in [5, 5.41) is 0.657. The lowest BCUT2D eigenvalue weighted by Crippen LogP contribution is -2.27. The zero-order chi connectivity index (χ0) is 16.9. The van der Waals surface area contributed by atoms with E-state index in [1.54, 1.807) is 0 Å². The summed E-state index contributed by atoms with van der Waals surface area (Å²) in [6, 6.07) is 22.3. The predicted octanol–water partition coefficient (Wildman–Crippen LogP) is 6.64. The molecule has 1 fully saturated rings. The van der Waals surface area contributed by atoms with Gasteiger partial charge in [0.2, 0.25) is 0 Å². The van der Waals surface area contributed by atoms with Crippen molar-refractivity contribution in [2.24, 2.45) is 11.8 Å². The maximum Gasteiger partial charge on any atom is 0.161 e. The van der Waals surface area contributed by atoms with Crippen LogP contribution in [0.5, 0.6) is 0 Å². The minimum atomic E-state index is 0.156. The van der Waals surface area contributed by atoms with Crippen molar-refractivity contribution in [3.05, 3.63) is 72.8 Å². The van der Waals surface area contributed by atoms with Gasteiger partial charge in [0.05, 0.1) is 10.9 Å². The molecule has 2 aromatic carbocycles. The molecule has 0 N–H and O–H groups in total. The topological polar surface area (TPSA) is 0 Å².